The summed E-state index contributed by atoms with van der Waals surface area (Å²) in [7, 11) is 0. The van der Waals surface area contributed by atoms with Crippen LogP contribution in [0.2, 0.25) is 0 Å². The van der Waals surface area contributed by atoms with Crippen molar-refractivity contribution >= 4 is 22.2 Å². The van der Waals surface area contributed by atoms with Crippen molar-refractivity contribution in [3.8, 4) is 17.1 Å². The summed E-state index contributed by atoms with van der Waals surface area (Å²) in [5, 5.41) is 12.7. The molecule has 5 aromatic heterocycles. The summed E-state index contributed by atoms with van der Waals surface area (Å²) in [4.78, 5) is 13.7. The van der Waals surface area contributed by atoms with E-state index in [1.807, 2.05) is 49.0 Å². The van der Waals surface area contributed by atoms with Gasteiger partial charge in [0.2, 0.25) is 5.88 Å². The molecule has 9 nitrogen and oxygen atoms in total. The first-order valence-corrected chi connectivity index (χ1v) is 11.0. The highest BCUT2D eigenvalue weighted by atomic mass is 16.5. The van der Waals surface area contributed by atoms with Crippen LogP contribution in [0.15, 0.2) is 49.2 Å². The van der Waals surface area contributed by atoms with Crippen molar-refractivity contribution in [1.82, 2.24) is 34.3 Å². The van der Waals surface area contributed by atoms with Gasteiger partial charge in [-0.25, -0.2) is 19.5 Å². The van der Waals surface area contributed by atoms with E-state index in [1.165, 1.54) is 0 Å². The van der Waals surface area contributed by atoms with Gasteiger partial charge in [-0.2, -0.15) is 10.2 Å². The molecule has 0 atom stereocenters. The Bertz CT molecular complexity index is 1440. The highest BCUT2D eigenvalue weighted by Gasteiger charge is 2.19. The van der Waals surface area contributed by atoms with Crippen LogP contribution < -0.4 is 10.1 Å². The molecule has 5 heterocycles. The molecule has 5 aromatic rings. The summed E-state index contributed by atoms with van der Waals surface area (Å²) in [6, 6.07) is 8.10. The summed E-state index contributed by atoms with van der Waals surface area (Å²) >= 11 is 0. The van der Waals surface area contributed by atoms with E-state index in [-0.39, 0.29) is 6.04 Å². The van der Waals surface area contributed by atoms with Crippen molar-refractivity contribution in [3.63, 3.8) is 0 Å². The van der Waals surface area contributed by atoms with Crippen molar-refractivity contribution in [2.24, 2.45) is 0 Å². The van der Waals surface area contributed by atoms with Gasteiger partial charge >= 0.3 is 0 Å². The second-order valence-electron chi connectivity index (χ2n) is 8.10. The molecule has 0 amide bonds. The maximum atomic E-state index is 5.78. The minimum Gasteiger partial charge on any atom is -0.477 e. The van der Waals surface area contributed by atoms with E-state index in [1.54, 1.807) is 23.2 Å². The standard InChI is InChI=1S/C24H26N8O/c1-5-33-24-18(7-6-9-26-24)19-11-20(23-22(29-19)16(4)30-32(23)15(2)3)27-13-17-12-25-14-31-21(17)8-10-28-31/h6-12,14-15H,5,13H2,1-4H3,(H,27,29). The predicted octanol–water partition coefficient (Wildman–Crippen LogP) is 4.44. The van der Waals surface area contributed by atoms with E-state index in [2.05, 4.69) is 34.2 Å². The molecule has 0 unspecified atom stereocenters. The Balaban J connectivity index is 1.65. The van der Waals surface area contributed by atoms with Gasteiger partial charge in [-0.3, -0.25) is 4.68 Å². The molecule has 168 valence electrons. The second-order valence-corrected chi connectivity index (χ2v) is 8.10. The van der Waals surface area contributed by atoms with E-state index in [9.17, 15) is 0 Å². The predicted molar refractivity (Wildman–Crippen MR) is 127 cm³/mol. The van der Waals surface area contributed by atoms with Crippen LogP contribution in [0.4, 0.5) is 5.69 Å². The van der Waals surface area contributed by atoms with Gasteiger partial charge in [0.15, 0.2) is 0 Å². The zero-order valence-corrected chi connectivity index (χ0v) is 19.1. The van der Waals surface area contributed by atoms with Crippen molar-refractivity contribution < 1.29 is 4.74 Å². The SMILES string of the molecule is CCOc1ncccc1-c1cc(NCc2cncn3nccc23)c2c(n1)c(C)nn2C(C)C. The number of hydrogen-bond acceptors (Lipinski definition) is 7. The Morgan fingerprint density at radius 1 is 1.18 bits per heavy atom. The molecule has 0 aliphatic heterocycles. The molecular formula is C24H26N8O. The Morgan fingerprint density at radius 2 is 2.06 bits per heavy atom. The minimum atomic E-state index is 0.187. The van der Waals surface area contributed by atoms with Crippen LogP contribution >= 0.6 is 0 Å². The van der Waals surface area contributed by atoms with Crippen LogP contribution in [-0.4, -0.2) is 41.0 Å². The fraction of sp³-hybridized carbons (Fsp3) is 0.292. The zero-order chi connectivity index (χ0) is 22.9. The van der Waals surface area contributed by atoms with Crippen molar-refractivity contribution in [1.29, 1.82) is 0 Å². The maximum absolute atomic E-state index is 5.78. The van der Waals surface area contributed by atoms with E-state index < -0.39 is 0 Å². The number of aromatic nitrogens is 7. The molecule has 0 saturated carbocycles. The minimum absolute atomic E-state index is 0.187. The summed E-state index contributed by atoms with van der Waals surface area (Å²) in [6.07, 6.45) is 7.07. The van der Waals surface area contributed by atoms with Crippen LogP contribution in [0.1, 0.15) is 38.1 Å². The topological polar surface area (TPSA) is 95.1 Å². The number of aryl methyl sites for hydroxylation is 1. The number of nitrogens with zero attached hydrogens (tertiary/aromatic N) is 7. The Morgan fingerprint density at radius 3 is 2.88 bits per heavy atom. The van der Waals surface area contributed by atoms with E-state index in [0.29, 0.717) is 19.0 Å². The average molecular weight is 443 g/mol. The molecule has 0 fully saturated rings. The molecule has 9 heteroatoms. The maximum Gasteiger partial charge on any atom is 0.222 e. The molecule has 0 bridgehead atoms. The summed E-state index contributed by atoms with van der Waals surface area (Å²) in [5.41, 5.74) is 7.35. The van der Waals surface area contributed by atoms with Crippen LogP contribution in [0, 0.1) is 6.92 Å². The third-order valence-corrected chi connectivity index (χ3v) is 5.51. The molecule has 0 aliphatic carbocycles. The van der Waals surface area contributed by atoms with Crippen molar-refractivity contribution in [3.05, 3.63) is 60.4 Å². The number of fused-ring (bicyclic) bond motifs is 2. The van der Waals surface area contributed by atoms with Gasteiger partial charge in [-0.05, 0) is 52.0 Å². The molecular weight excluding hydrogens is 416 g/mol. The lowest BCUT2D eigenvalue weighted by atomic mass is 10.1. The lowest BCUT2D eigenvalue weighted by Gasteiger charge is -2.15. The largest absolute Gasteiger partial charge is 0.477 e. The van der Waals surface area contributed by atoms with Crippen molar-refractivity contribution in [2.75, 3.05) is 11.9 Å². The smallest absolute Gasteiger partial charge is 0.222 e. The van der Waals surface area contributed by atoms with Crippen LogP contribution in [0.25, 0.3) is 27.8 Å². The van der Waals surface area contributed by atoms with E-state index in [4.69, 9.17) is 14.8 Å². The molecule has 5 rings (SSSR count). The third-order valence-electron chi connectivity index (χ3n) is 5.51. The van der Waals surface area contributed by atoms with Gasteiger partial charge in [0.25, 0.3) is 0 Å². The highest BCUT2D eigenvalue weighted by molar-refractivity contribution is 5.93. The summed E-state index contributed by atoms with van der Waals surface area (Å²) in [5.74, 6) is 0.569. The first-order chi connectivity index (χ1) is 16.1. The van der Waals surface area contributed by atoms with Gasteiger partial charge in [0.1, 0.15) is 17.4 Å². The molecule has 0 spiro atoms. The lowest BCUT2D eigenvalue weighted by Crippen LogP contribution is -2.08. The highest BCUT2D eigenvalue weighted by Crippen LogP contribution is 2.34. The summed E-state index contributed by atoms with van der Waals surface area (Å²) < 4.78 is 9.57. The number of pyridine rings is 2. The van der Waals surface area contributed by atoms with Gasteiger partial charge in [0, 0.05) is 30.5 Å². The lowest BCUT2D eigenvalue weighted by molar-refractivity contribution is 0.328. The van der Waals surface area contributed by atoms with Gasteiger partial charge < -0.3 is 10.1 Å². The van der Waals surface area contributed by atoms with Crippen LogP contribution in [-0.2, 0) is 6.54 Å². The Hall–Kier alpha value is -4.01. The van der Waals surface area contributed by atoms with Gasteiger partial charge in [-0.1, -0.05) is 0 Å². The number of ether oxygens (including phenoxy) is 1. The van der Waals surface area contributed by atoms with Gasteiger partial charge in [-0.15, -0.1) is 0 Å². The number of nitrogens with one attached hydrogen (secondary N) is 1. The molecule has 0 saturated heterocycles. The van der Waals surface area contributed by atoms with E-state index in [0.717, 1.165) is 44.8 Å². The Labute approximate surface area is 191 Å². The zero-order valence-electron chi connectivity index (χ0n) is 19.1. The molecule has 0 radical (unpaired) electrons. The van der Waals surface area contributed by atoms with Crippen LogP contribution in [0.5, 0.6) is 5.88 Å². The van der Waals surface area contributed by atoms with E-state index >= 15 is 0 Å². The quantitative estimate of drug-likeness (QED) is 0.398. The molecule has 33 heavy (non-hydrogen) atoms. The molecule has 1 N–H and O–H groups in total. The van der Waals surface area contributed by atoms with Crippen molar-refractivity contribution in [2.45, 2.75) is 40.3 Å². The normalized spacial score (nSPS) is 11.5. The summed E-state index contributed by atoms with van der Waals surface area (Å²) in [6.45, 7) is 9.29. The Kier molecular flexibility index (Phi) is 5.37. The number of rotatable bonds is 7. The number of anilines is 1. The fourth-order valence-corrected chi connectivity index (χ4v) is 4.01. The first-order valence-electron chi connectivity index (χ1n) is 11.0. The third kappa shape index (κ3) is 3.75. The second kappa shape index (κ2) is 8.50. The molecule has 0 aromatic carbocycles. The molecule has 0 aliphatic rings. The first kappa shape index (κ1) is 20.9. The fourth-order valence-electron chi connectivity index (χ4n) is 4.01. The van der Waals surface area contributed by atoms with Gasteiger partial charge in [0.05, 0.1) is 41.0 Å². The number of hydrogen-bond donors (Lipinski definition) is 1. The monoisotopic (exact) mass is 442 g/mol. The average Bonchev–Trinajstić information content (AvgIpc) is 3.43. The van der Waals surface area contributed by atoms with Crippen LogP contribution in [0.3, 0.4) is 0 Å².